The second-order valence-electron chi connectivity index (χ2n) is 5.22. The minimum atomic E-state index is 0.0926. The van der Waals surface area contributed by atoms with Crippen molar-refractivity contribution in [3.05, 3.63) is 29.3 Å². The summed E-state index contributed by atoms with van der Waals surface area (Å²) in [5.74, 6) is 0. The molecule has 3 nitrogen and oxygen atoms in total. The van der Waals surface area contributed by atoms with Gasteiger partial charge in [0.15, 0.2) is 0 Å². The molecule has 2 rings (SSSR count). The Labute approximate surface area is 103 Å². The Hall–Kier alpha value is -1.06. The zero-order valence-electron chi connectivity index (χ0n) is 10.9. The van der Waals surface area contributed by atoms with E-state index in [9.17, 15) is 0 Å². The molecule has 0 spiro atoms. The zero-order valence-corrected chi connectivity index (χ0v) is 10.9. The molecule has 1 aliphatic heterocycles. The zero-order chi connectivity index (χ0) is 12.5. The Morgan fingerprint density at radius 2 is 2.29 bits per heavy atom. The van der Waals surface area contributed by atoms with Crippen LogP contribution in [0.15, 0.2) is 18.2 Å². The number of nitrogen functional groups attached to an aromatic ring is 1. The summed E-state index contributed by atoms with van der Waals surface area (Å²) in [4.78, 5) is 0. The molecule has 1 saturated heterocycles. The van der Waals surface area contributed by atoms with Crippen molar-refractivity contribution >= 4 is 5.69 Å². The molecule has 1 aromatic carbocycles. The molecule has 2 atom stereocenters. The van der Waals surface area contributed by atoms with E-state index in [2.05, 4.69) is 31.3 Å². The molecule has 1 heterocycles. The van der Waals surface area contributed by atoms with Gasteiger partial charge in [-0.2, -0.15) is 0 Å². The molecule has 0 radical (unpaired) electrons. The average Bonchev–Trinajstić information content (AvgIpc) is 2.62. The molecule has 17 heavy (non-hydrogen) atoms. The van der Waals surface area contributed by atoms with E-state index in [1.165, 1.54) is 5.56 Å². The van der Waals surface area contributed by atoms with Gasteiger partial charge in [0, 0.05) is 24.4 Å². The smallest absolute Gasteiger partial charge is 0.0726 e. The molecular weight excluding hydrogens is 212 g/mol. The molecule has 2 unspecified atom stereocenters. The van der Waals surface area contributed by atoms with Gasteiger partial charge < -0.3 is 15.8 Å². The number of nitrogens with one attached hydrogen (secondary N) is 1. The van der Waals surface area contributed by atoms with Crippen LogP contribution in [0.3, 0.4) is 0 Å². The molecule has 0 aliphatic carbocycles. The van der Waals surface area contributed by atoms with E-state index < -0.39 is 0 Å². The second-order valence-corrected chi connectivity index (χ2v) is 5.22. The summed E-state index contributed by atoms with van der Waals surface area (Å²) >= 11 is 0. The summed E-state index contributed by atoms with van der Waals surface area (Å²) in [7, 11) is 0. The van der Waals surface area contributed by atoms with Crippen LogP contribution in [0.4, 0.5) is 5.69 Å². The monoisotopic (exact) mass is 234 g/mol. The Balaban J connectivity index is 2.00. The molecule has 94 valence electrons. The molecule has 0 bridgehead atoms. The van der Waals surface area contributed by atoms with Crippen LogP contribution in [0.1, 0.15) is 31.4 Å². The minimum Gasteiger partial charge on any atom is -0.399 e. The predicted molar refractivity (Wildman–Crippen MR) is 70.9 cm³/mol. The van der Waals surface area contributed by atoms with Gasteiger partial charge in [0.2, 0.25) is 0 Å². The van der Waals surface area contributed by atoms with E-state index in [0.29, 0.717) is 0 Å². The fourth-order valence-corrected chi connectivity index (χ4v) is 2.22. The topological polar surface area (TPSA) is 47.3 Å². The lowest BCUT2D eigenvalue weighted by molar-refractivity contribution is 0.0881. The lowest BCUT2D eigenvalue weighted by atomic mass is 9.94. The number of benzene rings is 1. The summed E-state index contributed by atoms with van der Waals surface area (Å²) in [6.45, 7) is 8.13. The van der Waals surface area contributed by atoms with Crippen molar-refractivity contribution in [2.45, 2.75) is 45.4 Å². The normalized spacial score (nSPS) is 28.5. The van der Waals surface area contributed by atoms with E-state index in [1.54, 1.807) is 0 Å². The third-order valence-electron chi connectivity index (χ3n) is 3.92. The first kappa shape index (κ1) is 12.4. The van der Waals surface area contributed by atoms with Crippen molar-refractivity contribution in [3.63, 3.8) is 0 Å². The van der Waals surface area contributed by atoms with E-state index >= 15 is 0 Å². The number of nitrogens with two attached hydrogens (primary N) is 1. The van der Waals surface area contributed by atoms with Crippen LogP contribution in [0.5, 0.6) is 0 Å². The third-order valence-corrected chi connectivity index (χ3v) is 3.92. The van der Waals surface area contributed by atoms with Gasteiger partial charge in [0.1, 0.15) is 0 Å². The largest absolute Gasteiger partial charge is 0.399 e. The van der Waals surface area contributed by atoms with Crippen LogP contribution in [-0.2, 0) is 11.3 Å². The highest BCUT2D eigenvalue weighted by Crippen LogP contribution is 2.25. The van der Waals surface area contributed by atoms with Crippen molar-refractivity contribution in [1.29, 1.82) is 0 Å². The lowest BCUT2D eigenvalue weighted by Crippen LogP contribution is -2.47. The number of hydrogen-bond acceptors (Lipinski definition) is 3. The molecule has 1 aromatic rings. The van der Waals surface area contributed by atoms with Gasteiger partial charge >= 0.3 is 0 Å². The summed E-state index contributed by atoms with van der Waals surface area (Å²) in [6.07, 6.45) is 1.35. The van der Waals surface area contributed by atoms with Gasteiger partial charge in [0.25, 0.3) is 0 Å². The van der Waals surface area contributed by atoms with E-state index in [4.69, 9.17) is 10.5 Å². The SMILES string of the molecule is Cc1cc(CNC2(C)CCOC2C)ccc1N. The minimum absolute atomic E-state index is 0.0926. The summed E-state index contributed by atoms with van der Waals surface area (Å²) in [5, 5.41) is 3.60. The Bertz CT molecular complexity index is 405. The van der Waals surface area contributed by atoms with Crippen molar-refractivity contribution < 1.29 is 4.74 Å². The highest BCUT2D eigenvalue weighted by molar-refractivity contribution is 5.47. The maximum atomic E-state index is 5.81. The summed E-state index contributed by atoms with van der Waals surface area (Å²) < 4.78 is 5.62. The molecular formula is C14H22N2O. The first-order chi connectivity index (χ1) is 8.01. The standard InChI is InChI=1S/C14H22N2O/c1-10-8-12(4-5-13(10)15)9-16-14(3)6-7-17-11(14)2/h4-5,8,11,16H,6-7,9,15H2,1-3H3. The fourth-order valence-electron chi connectivity index (χ4n) is 2.22. The first-order valence-corrected chi connectivity index (χ1v) is 6.23. The molecule has 3 heteroatoms. The lowest BCUT2D eigenvalue weighted by Gasteiger charge is -2.29. The van der Waals surface area contributed by atoms with Crippen LogP contribution in [0.2, 0.25) is 0 Å². The highest BCUT2D eigenvalue weighted by atomic mass is 16.5. The predicted octanol–water partition coefficient (Wildman–Crippen LogP) is 2.23. The van der Waals surface area contributed by atoms with Crippen LogP contribution in [-0.4, -0.2) is 18.2 Å². The van der Waals surface area contributed by atoms with Gasteiger partial charge in [-0.3, -0.25) is 0 Å². The van der Waals surface area contributed by atoms with Crippen LogP contribution in [0, 0.1) is 6.92 Å². The Kier molecular flexibility index (Phi) is 3.40. The van der Waals surface area contributed by atoms with E-state index in [0.717, 1.165) is 30.8 Å². The number of anilines is 1. The summed E-state index contributed by atoms with van der Waals surface area (Å²) in [6, 6.07) is 6.20. The summed E-state index contributed by atoms with van der Waals surface area (Å²) in [5.41, 5.74) is 9.18. The molecule has 0 amide bonds. The highest BCUT2D eigenvalue weighted by Gasteiger charge is 2.36. The van der Waals surface area contributed by atoms with Gasteiger partial charge in [0.05, 0.1) is 6.10 Å². The number of hydrogen-bond donors (Lipinski definition) is 2. The number of aryl methyl sites for hydroxylation is 1. The van der Waals surface area contributed by atoms with Crippen LogP contribution in [0.25, 0.3) is 0 Å². The maximum Gasteiger partial charge on any atom is 0.0726 e. The fraction of sp³-hybridized carbons (Fsp3) is 0.571. The van der Waals surface area contributed by atoms with Crippen LogP contribution >= 0.6 is 0 Å². The van der Waals surface area contributed by atoms with E-state index in [-0.39, 0.29) is 11.6 Å². The molecule has 3 N–H and O–H groups in total. The Morgan fingerprint density at radius 3 is 2.88 bits per heavy atom. The van der Waals surface area contributed by atoms with Crippen molar-refractivity contribution in [1.82, 2.24) is 5.32 Å². The van der Waals surface area contributed by atoms with Gasteiger partial charge in [-0.15, -0.1) is 0 Å². The third kappa shape index (κ3) is 2.61. The van der Waals surface area contributed by atoms with Crippen molar-refractivity contribution in [2.24, 2.45) is 0 Å². The van der Waals surface area contributed by atoms with Crippen LogP contribution < -0.4 is 11.1 Å². The Morgan fingerprint density at radius 1 is 1.53 bits per heavy atom. The van der Waals surface area contributed by atoms with Gasteiger partial charge in [-0.1, -0.05) is 12.1 Å². The van der Waals surface area contributed by atoms with E-state index in [1.807, 2.05) is 13.0 Å². The first-order valence-electron chi connectivity index (χ1n) is 6.23. The number of ether oxygens (including phenoxy) is 1. The quantitative estimate of drug-likeness (QED) is 0.788. The van der Waals surface area contributed by atoms with Crippen molar-refractivity contribution in [2.75, 3.05) is 12.3 Å². The molecule has 0 saturated carbocycles. The molecule has 1 aliphatic rings. The number of rotatable bonds is 3. The molecule has 1 fully saturated rings. The maximum absolute atomic E-state index is 5.81. The average molecular weight is 234 g/mol. The van der Waals surface area contributed by atoms with Crippen molar-refractivity contribution in [3.8, 4) is 0 Å². The molecule has 0 aromatic heterocycles. The van der Waals surface area contributed by atoms with Gasteiger partial charge in [-0.25, -0.2) is 0 Å². The second kappa shape index (κ2) is 4.67. The van der Waals surface area contributed by atoms with Gasteiger partial charge in [-0.05, 0) is 44.4 Å².